The number of esters is 1. The molecule has 0 aliphatic carbocycles. The number of hydrogen-bond donors (Lipinski definition) is 0. The summed E-state index contributed by atoms with van der Waals surface area (Å²) in [5.74, 6) is 0.986. The highest BCUT2D eigenvalue weighted by Gasteiger charge is 2.17. The van der Waals surface area contributed by atoms with Crippen molar-refractivity contribution in [1.29, 1.82) is 0 Å². The van der Waals surface area contributed by atoms with E-state index in [2.05, 4.69) is 60.0 Å². The molecular formula is C23H26N4O2. The Kier molecular flexibility index (Phi) is 4.86. The van der Waals surface area contributed by atoms with E-state index in [1.807, 2.05) is 12.4 Å². The smallest absolute Gasteiger partial charge is 0.337 e. The summed E-state index contributed by atoms with van der Waals surface area (Å²) in [6, 6.07) is 12.2. The Hall–Kier alpha value is -3.15. The van der Waals surface area contributed by atoms with E-state index in [1.165, 1.54) is 7.11 Å². The van der Waals surface area contributed by atoms with E-state index in [4.69, 9.17) is 9.72 Å². The van der Waals surface area contributed by atoms with Crippen LogP contribution in [0.3, 0.4) is 0 Å². The van der Waals surface area contributed by atoms with Crippen molar-refractivity contribution in [3.8, 4) is 11.4 Å². The van der Waals surface area contributed by atoms with Crippen LogP contribution in [0.1, 0.15) is 44.1 Å². The second kappa shape index (κ2) is 7.35. The van der Waals surface area contributed by atoms with Crippen molar-refractivity contribution in [2.75, 3.05) is 7.11 Å². The Balaban J connectivity index is 1.89. The first-order chi connectivity index (χ1) is 13.9. The first-order valence-electron chi connectivity index (χ1n) is 9.94. The van der Waals surface area contributed by atoms with Gasteiger partial charge in [-0.3, -0.25) is 0 Å². The van der Waals surface area contributed by atoms with Crippen molar-refractivity contribution in [2.24, 2.45) is 5.92 Å². The fraction of sp³-hybridized carbons (Fsp3) is 0.348. The van der Waals surface area contributed by atoms with Crippen LogP contribution >= 0.6 is 0 Å². The minimum Gasteiger partial charge on any atom is -0.465 e. The monoisotopic (exact) mass is 390 g/mol. The van der Waals surface area contributed by atoms with Gasteiger partial charge in [0.05, 0.1) is 41.1 Å². The van der Waals surface area contributed by atoms with E-state index in [0.29, 0.717) is 17.5 Å². The van der Waals surface area contributed by atoms with Gasteiger partial charge in [0.1, 0.15) is 5.82 Å². The van der Waals surface area contributed by atoms with Gasteiger partial charge in [0.2, 0.25) is 0 Å². The number of aromatic nitrogens is 4. The highest BCUT2D eigenvalue weighted by atomic mass is 16.5. The summed E-state index contributed by atoms with van der Waals surface area (Å²) >= 11 is 0. The van der Waals surface area contributed by atoms with Crippen LogP contribution in [-0.4, -0.2) is 32.2 Å². The predicted octanol–water partition coefficient (Wildman–Crippen LogP) is 5.08. The predicted molar refractivity (Wildman–Crippen MR) is 115 cm³/mol. The molecule has 0 aliphatic heterocycles. The lowest BCUT2D eigenvalue weighted by Gasteiger charge is -2.12. The molecule has 4 aromatic rings. The van der Waals surface area contributed by atoms with Crippen LogP contribution in [0.5, 0.6) is 0 Å². The molecule has 0 spiro atoms. The average molecular weight is 390 g/mol. The Morgan fingerprint density at radius 2 is 1.79 bits per heavy atom. The van der Waals surface area contributed by atoms with Gasteiger partial charge < -0.3 is 13.9 Å². The van der Waals surface area contributed by atoms with Gasteiger partial charge in [-0.2, -0.15) is 0 Å². The molecule has 0 N–H and O–H groups in total. The summed E-state index contributed by atoms with van der Waals surface area (Å²) in [7, 11) is 1.39. The maximum absolute atomic E-state index is 11.9. The zero-order valence-corrected chi connectivity index (χ0v) is 17.5. The van der Waals surface area contributed by atoms with Gasteiger partial charge in [0.15, 0.2) is 0 Å². The summed E-state index contributed by atoms with van der Waals surface area (Å²) < 4.78 is 9.25. The highest BCUT2D eigenvalue weighted by Crippen LogP contribution is 2.29. The molecule has 0 aliphatic rings. The molecular weight excluding hydrogens is 364 g/mol. The van der Waals surface area contributed by atoms with Crippen molar-refractivity contribution in [3.05, 3.63) is 48.3 Å². The number of methoxy groups -OCH3 is 1. The molecule has 6 heteroatoms. The number of hydrogen-bond acceptors (Lipinski definition) is 4. The van der Waals surface area contributed by atoms with E-state index < -0.39 is 0 Å². The Morgan fingerprint density at radius 3 is 2.48 bits per heavy atom. The minimum absolute atomic E-state index is 0.354. The van der Waals surface area contributed by atoms with Crippen LogP contribution in [0.4, 0.5) is 0 Å². The van der Waals surface area contributed by atoms with Gasteiger partial charge in [-0.05, 0) is 56.2 Å². The molecule has 29 heavy (non-hydrogen) atoms. The maximum Gasteiger partial charge on any atom is 0.337 e. The van der Waals surface area contributed by atoms with E-state index in [1.54, 1.807) is 12.1 Å². The lowest BCUT2D eigenvalue weighted by molar-refractivity contribution is 0.0601. The number of rotatable bonds is 5. The first-order valence-corrected chi connectivity index (χ1v) is 9.94. The van der Waals surface area contributed by atoms with Crippen molar-refractivity contribution >= 4 is 28.0 Å². The molecule has 2 heterocycles. The molecule has 0 fully saturated rings. The normalized spacial score (nSPS) is 11.8. The van der Waals surface area contributed by atoms with Gasteiger partial charge >= 0.3 is 5.97 Å². The lowest BCUT2D eigenvalue weighted by atomic mass is 10.1. The molecule has 0 bridgehead atoms. The topological polar surface area (TPSA) is 61.9 Å². The summed E-state index contributed by atoms with van der Waals surface area (Å²) in [6.07, 6.45) is 1.89. The van der Waals surface area contributed by atoms with E-state index in [-0.39, 0.29) is 5.97 Å². The minimum atomic E-state index is -0.354. The van der Waals surface area contributed by atoms with Crippen LogP contribution in [0, 0.1) is 5.92 Å². The van der Waals surface area contributed by atoms with Crippen LogP contribution in [0.2, 0.25) is 0 Å². The first kappa shape index (κ1) is 19.2. The number of ether oxygens (including phenoxy) is 1. The molecule has 0 amide bonds. The number of fused-ring (bicyclic) bond motifs is 2. The molecule has 0 saturated heterocycles. The number of carbonyl (C=O) groups excluding carboxylic acids is 1. The Morgan fingerprint density at radius 1 is 1.03 bits per heavy atom. The van der Waals surface area contributed by atoms with Crippen LogP contribution in [-0.2, 0) is 11.3 Å². The van der Waals surface area contributed by atoms with Crippen molar-refractivity contribution in [3.63, 3.8) is 0 Å². The third-order valence-electron chi connectivity index (χ3n) is 5.11. The fourth-order valence-corrected chi connectivity index (χ4v) is 3.73. The number of imidazole rings is 2. The largest absolute Gasteiger partial charge is 0.465 e. The summed E-state index contributed by atoms with van der Waals surface area (Å²) in [5, 5.41) is 0. The summed E-state index contributed by atoms with van der Waals surface area (Å²) in [5.41, 5.74) is 5.39. The quantitative estimate of drug-likeness (QED) is 0.446. The van der Waals surface area contributed by atoms with Crippen molar-refractivity contribution < 1.29 is 9.53 Å². The standard InChI is InChI=1S/C23H26N4O2/c1-14(2)12-26-21-9-7-17(23(28)29-5)11-19(21)25-22(26)16-6-8-20-18(10-16)24-13-27(20)15(3)4/h6-11,13-15H,12H2,1-5H3. The molecule has 2 aromatic carbocycles. The van der Waals surface area contributed by atoms with E-state index >= 15 is 0 Å². The van der Waals surface area contributed by atoms with Crippen molar-refractivity contribution in [2.45, 2.75) is 40.3 Å². The van der Waals surface area contributed by atoms with Gasteiger partial charge in [-0.15, -0.1) is 0 Å². The molecule has 4 rings (SSSR count). The second-order valence-electron chi connectivity index (χ2n) is 8.08. The molecule has 0 unspecified atom stereocenters. The number of benzene rings is 2. The van der Waals surface area contributed by atoms with Gasteiger partial charge in [-0.1, -0.05) is 13.8 Å². The van der Waals surface area contributed by atoms with Gasteiger partial charge in [0, 0.05) is 18.2 Å². The van der Waals surface area contributed by atoms with Gasteiger partial charge in [0.25, 0.3) is 0 Å². The molecule has 0 radical (unpaired) electrons. The Bertz CT molecular complexity index is 1200. The number of nitrogens with zero attached hydrogens (tertiary/aromatic N) is 4. The second-order valence-corrected chi connectivity index (χ2v) is 8.08. The van der Waals surface area contributed by atoms with Crippen LogP contribution in [0.15, 0.2) is 42.7 Å². The molecule has 0 atom stereocenters. The van der Waals surface area contributed by atoms with E-state index in [9.17, 15) is 4.79 Å². The fourth-order valence-electron chi connectivity index (χ4n) is 3.73. The maximum atomic E-state index is 11.9. The van der Waals surface area contributed by atoms with Crippen molar-refractivity contribution in [1.82, 2.24) is 19.1 Å². The van der Waals surface area contributed by atoms with E-state index in [0.717, 1.165) is 40.0 Å². The molecule has 0 saturated carbocycles. The highest BCUT2D eigenvalue weighted by molar-refractivity contribution is 5.94. The molecule has 150 valence electrons. The zero-order chi connectivity index (χ0) is 20.7. The summed E-state index contributed by atoms with van der Waals surface area (Å²) in [6.45, 7) is 9.51. The molecule has 6 nitrogen and oxygen atoms in total. The SMILES string of the molecule is COC(=O)c1ccc2c(c1)nc(-c1ccc3c(c1)ncn3C(C)C)n2CC(C)C. The Labute approximate surface area is 170 Å². The molecule has 2 aromatic heterocycles. The van der Waals surface area contributed by atoms with Crippen LogP contribution in [0.25, 0.3) is 33.5 Å². The summed E-state index contributed by atoms with van der Waals surface area (Å²) in [4.78, 5) is 21.4. The van der Waals surface area contributed by atoms with Gasteiger partial charge in [-0.25, -0.2) is 14.8 Å². The number of carbonyl (C=O) groups is 1. The third kappa shape index (κ3) is 3.39. The third-order valence-corrected chi connectivity index (χ3v) is 5.11. The zero-order valence-electron chi connectivity index (χ0n) is 17.5. The van der Waals surface area contributed by atoms with Crippen LogP contribution < -0.4 is 0 Å². The lowest BCUT2D eigenvalue weighted by Crippen LogP contribution is -2.06. The average Bonchev–Trinajstić information content (AvgIpc) is 3.27.